The molecule has 6 aliphatic carbocycles. The van der Waals surface area contributed by atoms with E-state index in [0.29, 0.717) is 41.4 Å². The summed E-state index contributed by atoms with van der Waals surface area (Å²) in [6.45, 7) is 21.4. The molecule has 6 aliphatic rings. The summed E-state index contributed by atoms with van der Waals surface area (Å²) in [6.07, 6.45) is 18.8. The van der Waals surface area contributed by atoms with Crippen molar-refractivity contribution >= 4 is 17.8 Å². The minimum atomic E-state index is -1.13. The molecule has 6 fully saturated rings. The van der Waals surface area contributed by atoms with E-state index in [0.717, 1.165) is 57.4 Å². The van der Waals surface area contributed by atoms with Crippen LogP contribution in [-0.4, -0.2) is 35.6 Å². The van der Waals surface area contributed by atoms with Crippen LogP contribution in [0.4, 0.5) is 0 Å². The molecule has 0 aromatic carbocycles. The third-order valence-electron chi connectivity index (χ3n) is 17.7. The average molecular weight is 696 g/mol. The number of rotatable bonds is 9. The maximum atomic E-state index is 14.5. The van der Waals surface area contributed by atoms with Gasteiger partial charge in [0.1, 0.15) is 6.10 Å². The van der Waals surface area contributed by atoms with Gasteiger partial charge in [-0.2, -0.15) is 0 Å². The third-order valence-corrected chi connectivity index (χ3v) is 17.7. The van der Waals surface area contributed by atoms with Gasteiger partial charge in [-0.25, -0.2) is 0 Å². The van der Waals surface area contributed by atoms with E-state index in [1.165, 1.54) is 57.8 Å². The lowest BCUT2D eigenvalue weighted by atomic mass is 9.32. The summed E-state index contributed by atoms with van der Waals surface area (Å²) in [4.78, 5) is 39.3. The molecule has 0 aromatic heterocycles. The Bertz CT molecular complexity index is 1300. The van der Waals surface area contributed by atoms with E-state index < -0.39 is 11.4 Å². The van der Waals surface area contributed by atoms with Crippen LogP contribution in [-0.2, 0) is 19.1 Å². The molecule has 0 spiro atoms. The normalized spacial score (nSPS) is 42.8. The van der Waals surface area contributed by atoms with Crippen LogP contribution in [0.2, 0.25) is 0 Å². The van der Waals surface area contributed by atoms with Gasteiger partial charge in [0.05, 0.1) is 17.3 Å². The van der Waals surface area contributed by atoms with Crippen molar-refractivity contribution in [2.45, 2.75) is 178 Å². The summed E-state index contributed by atoms with van der Waals surface area (Å²) < 4.78 is 6.19. The smallest absolute Gasteiger partial charge is 0.309 e. The second-order valence-electron chi connectivity index (χ2n) is 21.0. The lowest BCUT2D eigenvalue weighted by Gasteiger charge is -2.73. The average Bonchev–Trinajstić information content (AvgIpc) is 3.44. The van der Waals surface area contributed by atoms with E-state index in [1.54, 1.807) is 13.8 Å². The Balaban J connectivity index is 1.21. The van der Waals surface area contributed by atoms with Crippen LogP contribution in [0.3, 0.4) is 0 Å². The minimum Gasteiger partial charge on any atom is -0.481 e. The number of ether oxygens (including phenoxy) is 1. The number of hydrogen-bond donors (Lipinski definition) is 2. The highest BCUT2D eigenvalue weighted by molar-refractivity contribution is 5.84. The van der Waals surface area contributed by atoms with Gasteiger partial charge in [-0.1, -0.05) is 80.6 Å². The maximum absolute atomic E-state index is 14.5. The molecule has 0 aliphatic heterocycles. The van der Waals surface area contributed by atoms with Crippen molar-refractivity contribution in [2.75, 3.05) is 6.54 Å². The Morgan fingerprint density at radius 3 is 2.16 bits per heavy atom. The van der Waals surface area contributed by atoms with Gasteiger partial charge in [-0.3, -0.25) is 14.4 Å². The Kier molecular flexibility index (Phi) is 10.2. The first-order valence-corrected chi connectivity index (χ1v) is 21.0. The van der Waals surface area contributed by atoms with Crippen LogP contribution in [0.15, 0.2) is 0 Å². The van der Waals surface area contributed by atoms with Gasteiger partial charge in [0.25, 0.3) is 0 Å². The number of amides is 1. The molecule has 1 amide bonds. The molecule has 6 rings (SSSR count). The van der Waals surface area contributed by atoms with Crippen LogP contribution >= 0.6 is 0 Å². The molecule has 6 nitrogen and oxygen atoms in total. The Hall–Kier alpha value is -1.59. The molecule has 0 bridgehead atoms. The fourth-order valence-corrected chi connectivity index (χ4v) is 14.6. The van der Waals surface area contributed by atoms with Gasteiger partial charge in [-0.05, 0) is 142 Å². The second-order valence-corrected chi connectivity index (χ2v) is 21.0. The maximum Gasteiger partial charge on any atom is 0.309 e. The number of hydrogen-bond acceptors (Lipinski definition) is 4. The molecule has 0 saturated heterocycles. The van der Waals surface area contributed by atoms with Crippen molar-refractivity contribution in [1.82, 2.24) is 5.32 Å². The lowest BCUT2D eigenvalue weighted by Crippen LogP contribution is -2.67. The topological polar surface area (TPSA) is 92.7 Å². The van der Waals surface area contributed by atoms with E-state index in [4.69, 9.17) is 4.74 Å². The van der Waals surface area contributed by atoms with Gasteiger partial charge < -0.3 is 15.2 Å². The fraction of sp³-hybridized carbons (Fsp3) is 0.932. The van der Waals surface area contributed by atoms with Gasteiger partial charge in [0, 0.05) is 12.0 Å². The van der Waals surface area contributed by atoms with E-state index in [2.05, 4.69) is 53.8 Å². The van der Waals surface area contributed by atoms with Gasteiger partial charge in [0.15, 0.2) is 0 Å². The zero-order valence-electron chi connectivity index (χ0n) is 33.4. The summed E-state index contributed by atoms with van der Waals surface area (Å²) >= 11 is 0. The van der Waals surface area contributed by atoms with Crippen molar-refractivity contribution in [1.29, 1.82) is 0 Å². The zero-order valence-corrected chi connectivity index (χ0v) is 33.4. The first-order valence-electron chi connectivity index (χ1n) is 21.0. The molecule has 6 heteroatoms. The highest BCUT2D eigenvalue weighted by atomic mass is 16.5. The van der Waals surface area contributed by atoms with Crippen LogP contribution in [0.5, 0.6) is 0 Å². The van der Waals surface area contributed by atoms with Crippen LogP contribution in [0.1, 0.15) is 171 Å². The second kappa shape index (κ2) is 13.4. The molecule has 2 N–H and O–H groups in total. The van der Waals surface area contributed by atoms with Crippen LogP contribution in [0.25, 0.3) is 0 Å². The van der Waals surface area contributed by atoms with E-state index in [-0.39, 0.29) is 45.6 Å². The molecule has 50 heavy (non-hydrogen) atoms. The third kappa shape index (κ3) is 5.99. The first kappa shape index (κ1) is 38.1. The number of fused-ring (bicyclic) bond motifs is 7. The number of carbonyl (C=O) groups excluding carboxylic acids is 2. The van der Waals surface area contributed by atoms with Gasteiger partial charge in [-0.15, -0.1) is 0 Å². The van der Waals surface area contributed by atoms with Crippen molar-refractivity contribution < 1.29 is 24.2 Å². The van der Waals surface area contributed by atoms with Crippen molar-refractivity contribution in [3.63, 3.8) is 0 Å². The number of carbonyl (C=O) groups is 3. The first-order chi connectivity index (χ1) is 23.3. The molecule has 0 heterocycles. The summed E-state index contributed by atoms with van der Waals surface area (Å²) in [5.74, 6) is 3.16. The predicted molar refractivity (Wildman–Crippen MR) is 199 cm³/mol. The molecular formula is C44H73NO5. The summed E-state index contributed by atoms with van der Waals surface area (Å²) in [6, 6.07) is 0. The zero-order chi connectivity index (χ0) is 36.5. The Morgan fingerprint density at radius 1 is 0.800 bits per heavy atom. The monoisotopic (exact) mass is 696 g/mol. The number of nitrogens with one attached hydrogen (secondary N) is 1. The fourth-order valence-electron chi connectivity index (χ4n) is 14.6. The largest absolute Gasteiger partial charge is 0.481 e. The SMILES string of the molecule is CC(C)[C@@H]1CCC2(C(=O)NCCC3CCCCC3)CC[C@]3(C)C(CCC4C5(C)CCC(OC(=O)CC(C)(C)C(=O)O)C(C)(C)C5CCC43C)C12. The van der Waals surface area contributed by atoms with E-state index >= 15 is 0 Å². The van der Waals surface area contributed by atoms with Gasteiger partial charge >= 0.3 is 11.9 Å². The Morgan fingerprint density at radius 2 is 1.50 bits per heavy atom. The number of carboxylic acids is 1. The number of aliphatic carboxylic acids is 1. The van der Waals surface area contributed by atoms with Crippen molar-refractivity contribution in [2.24, 2.45) is 73.9 Å². The Labute approximate surface area is 304 Å². The van der Waals surface area contributed by atoms with Gasteiger partial charge in [0.2, 0.25) is 5.91 Å². The lowest BCUT2D eigenvalue weighted by molar-refractivity contribution is -0.250. The summed E-state index contributed by atoms with van der Waals surface area (Å²) in [7, 11) is 0. The molecule has 0 aromatic rings. The van der Waals surface area contributed by atoms with Crippen molar-refractivity contribution in [3.8, 4) is 0 Å². The highest BCUT2D eigenvalue weighted by Crippen LogP contribution is 2.77. The molecule has 8 unspecified atom stereocenters. The summed E-state index contributed by atoms with van der Waals surface area (Å²) in [5, 5.41) is 13.2. The highest BCUT2D eigenvalue weighted by Gasteiger charge is 2.72. The molecule has 284 valence electrons. The number of esters is 1. The van der Waals surface area contributed by atoms with Crippen LogP contribution in [0, 0.1) is 73.9 Å². The predicted octanol–water partition coefficient (Wildman–Crippen LogP) is 10.2. The molecule has 0 radical (unpaired) electrons. The van der Waals surface area contributed by atoms with E-state index in [1.807, 2.05) is 0 Å². The summed E-state index contributed by atoms with van der Waals surface area (Å²) in [5.41, 5.74) is -0.943. The van der Waals surface area contributed by atoms with E-state index in [9.17, 15) is 19.5 Å². The molecule has 6 saturated carbocycles. The quantitative estimate of drug-likeness (QED) is 0.234. The van der Waals surface area contributed by atoms with Crippen molar-refractivity contribution in [3.05, 3.63) is 0 Å². The molecule has 10 atom stereocenters. The molecular weight excluding hydrogens is 622 g/mol. The number of carboxylic acid groups (broad SMARTS) is 1. The standard InChI is InChI=1S/C44H73NO5/c1-28(2)30-17-23-44(37(47)45-26-20-29-13-11-10-12-14-29)25-24-42(8)31(36(30)44)15-16-33-41(7)21-19-34(50-35(46)27-39(3,4)38(48)49)40(5,6)32(41)18-22-43(33,42)9/h28-34,36H,10-27H2,1-9H3,(H,45,47)(H,48,49)/t30-,31?,32?,33?,34?,36?,41?,42+,43?,44?/m0/s1. The minimum absolute atomic E-state index is 0.101. The van der Waals surface area contributed by atoms with Crippen LogP contribution < -0.4 is 5.32 Å².